The SMILES string of the molecule is CCN1Cc2nc(-c3ccc(-c4nc(Nc5ccc6[nH]ncc6c5C5CC5)n(C)n4)cc3F)[nH]c2CC1C. The Hall–Kier alpha value is -4.05. The van der Waals surface area contributed by atoms with E-state index in [1.807, 2.05) is 25.4 Å². The normalized spacial score (nSPS) is 17.7. The summed E-state index contributed by atoms with van der Waals surface area (Å²) in [6, 6.07) is 9.62. The zero-order valence-electron chi connectivity index (χ0n) is 21.7. The summed E-state index contributed by atoms with van der Waals surface area (Å²) in [5.74, 6) is 1.81. The van der Waals surface area contributed by atoms with Gasteiger partial charge in [-0.1, -0.05) is 13.0 Å². The number of aryl methyl sites for hydroxylation is 1. The highest BCUT2D eigenvalue weighted by atomic mass is 19.1. The Kier molecular flexibility index (Phi) is 5.33. The standard InChI is InChI=1S/C28H30FN9/c1-4-38-14-24-23(11-15(38)2)31-27(32-24)18-8-7-17(12-20(18)29)26-34-28(37(3)36-26)33-22-10-9-21-19(13-30-35-21)25(22)16-5-6-16/h7-10,12-13,15-16H,4-6,11,14H2,1-3H3,(H,30,35)(H,31,32)(H,33,34,36). The van der Waals surface area contributed by atoms with Gasteiger partial charge in [-0.15, -0.1) is 5.10 Å². The van der Waals surface area contributed by atoms with E-state index in [4.69, 9.17) is 9.97 Å². The molecule has 0 bridgehead atoms. The molecule has 5 aromatic rings. The number of anilines is 2. The number of likely N-dealkylation sites (N-methyl/N-ethyl adjacent to an activating group) is 1. The van der Waals surface area contributed by atoms with Gasteiger partial charge in [-0.05, 0) is 62.1 Å². The molecule has 1 saturated carbocycles. The molecule has 194 valence electrons. The van der Waals surface area contributed by atoms with Crippen molar-refractivity contribution in [3.8, 4) is 22.8 Å². The number of rotatable bonds is 6. The second kappa shape index (κ2) is 8.76. The van der Waals surface area contributed by atoms with Gasteiger partial charge in [0.05, 0.1) is 23.0 Å². The van der Waals surface area contributed by atoms with Crippen molar-refractivity contribution in [3.63, 3.8) is 0 Å². The maximum absolute atomic E-state index is 15.4. The quantitative estimate of drug-likeness (QED) is 0.287. The molecule has 2 aliphatic rings. The highest BCUT2D eigenvalue weighted by Gasteiger charge is 2.29. The maximum Gasteiger partial charge on any atom is 0.225 e. The number of hydrogen-bond acceptors (Lipinski definition) is 6. The van der Waals surface area contributed by atoms with E-state index >= 15 is 4.39 Å². The van der Waals surface area contributed by atoms with Crippen LogP contribution in [0, 0.1) is 5.82 Å². The molecule has 1 aliphatic carbocycles. The van der Waals surface area contributed by atoms with Crippen LogP contribution in [0.2, 0.25) is 0 Å². The summed E-state index contributed by atoms with van der Waals surface area (Å²) in [6.07, 6.45) is 5.11. The topological polar surface area (TPSA) is 103 Å². The van der Waals surface area contributed by atoms with Gasteiger partial charge in [0.2, 0.25) is 5.95 Å². The monoisotopic (exact) mass is 511 g/mol. The van der Waals surface area contributed by atoms with Crippen molar-refractivity contribution in [3.05, 3.63) is 59.3 Å². The Morgan fingerprint density at radius 3 is 2.82 bits per heavy atom. The minimum absolute atomic E-state index is 0.350. The molecule has 2 aromatic carbocycles. The summed E-state index contributed by atoms with van der Waals surface area (Å²) in [4.78, 5) is 15.2. The Morgan fingerprint density at radius 2 is 2.03 bits per heavy atom. The fourth-order valence-electron chi connectivity index (χ4n) is 5.61. The van der Waals surface area contributed by atoms with E-state index in [1.54, 1.807) is 10.7 Å². The van der Waals surface area contributed by atoms with Crippen molar-refractivity contribution in [1.82, 2.24) is 39.8 Å². The van der Waals surface area contributed by atoms with Gasteiger partial charge >= 0.3 is 0 Å². The molecule has 1 aliphatic heterocycles. The van der Waals surface area contributed by atoms with Crippen molar-refractivity contribution >= 4 is 22.5 Å². The van der Waals surface area contributed by atoms with Gasteiger partial charge in [-0.3, -0.25) is 10.00 Å². The molecule has 1 atom stereocenters. The zero-order valence-corrected chi connectivity index (χ0v) is 21.7. The van der Waals surface area contributed by atoms with Crippen LogP contribution in [-0.4, -0.2) is 52.4 Å². The van der Waals surface area contributed by atoms with Crippen LogP contribution in [0.25, 0.3) is 33.7 Å². The van der Waals surface area contributed by atoms with Crippen LogP contribution in [0.4, 0.5) is 16.0 Å². The number of nitrogens with one attached hydrogen (secondary N) is 3. The molecule has 0 saturated heterocycles. The van der Waals surface area contributed by atoms with Gasteiger partial charge in [0.25, 0.3) is 0 Å². The number of halogens is 1. The van der Waals surface area contributed by atoms with Gasteiger partial charge in [-0.2, -0.15) is 10.1 Å². The van der Waals surface area contributed by atoms with Crippen molar-refractivity contribution < 1.29 is 4.39 Å². The Bertz CT molecular complexity index is 1660. The van der Waals surface area contributed by atoms with Gasteiger partial charge < -0.3 is 10.3 Å². The zero-order chi connectivity index (χ0) is 26.0. The first-order valence-electron chi connectivity index (χ1n) is 13.2. The van der Waals surface area contributed by atoms with Gasteiger partial charge in [0.15, 0.2) is 5.82 Å². The molecule has 9 nitrogen and oxygen atoms in total. The third-order valence-corrected chi connectivity index (χ3v) is 7.89. The number of hydrogen-bond donors (Lipinski definition) is 3. The number of aromatic amines is 2. The number of H-pyrrole nitrogens is 2. The molecule has 3 N–H and O–H groups in total. The summed E-state index contributed by atoms with van der Waals surface area (Å²) >= 11 is 0. The van der Waals surface area contributed by atoms with Crippen molar-refractivity contribution in [2.24, 2.45) is 7.05 Å². The van der Waals surface area contributed by atoms with E-state index in [1.165, 1.54) is 24.5 Å². The smallest absolute Gasteiger partial charge is 0.225 e. The first-order valence-corrected chi connectivity index (χ1v) is 13.2. The summed E-state index contributed by atoms with van der Waals surface area (Å²) in [5, 5.41) is 16.4. The summed E-state index contributed by atoms with van der Waals surface area (Å²) in [5.41, 5.74) is 6.46. The van der Waals surface area contributed by atoms with E-state index in [9.17, 15) is 0 Å². The predicted molar refractivity (Wildman–Crippen MR) is 145 cm³/mol. The minimum Gasteiger partial charge on any atom is -0.341 e. The fraction of sp³-hybridized carbons (Fsp3) is 0.357. The van der Waals surface area contributed by atoms with Crippen LogP contribution in [-0.2, 0) is 20.0 Å². The highest BCUT2D eigenvalue weighted by molar-refractivity contribution is 5.89. The minimum atomic E-state index is -0.350. The summed E-state index contributed by atoms with van der Waals surface area (Å²) < 4.78 is 17.1. The molecular weight excluding hydrogens is 481 g/mol. The van der Waals surface area contributed by atoms with Crippen LogP contribution in [0.15, 0.2) is 36.5 Å². The molecular formula is C28H30FN9. The lowest BCUT2D eigenvalue weighted by Gasteiger charge is -2.31. The summed E-state index contributed by atoms with van der Waals surface area (Å²) in [7, 11) is 1.84. The lowest BCUT2D eigenvalue weighted by atomic mass is 10.0. The first kappa shape index (κ1) is 23.1. The van der Waals surface area contributed by atoms with Crippen molar-refractivity contribution in [2.75, 3.05) is 11.9 Å². The molecule has 0 amide bonds. The molecule has 1 unspecified atom stereocenters. The largest absolute Gasteiger partial charge is 0.341 e. The average Bonchev–Trinajstić information content (AvgIpc) is 3.30. The number of benzene rings is 2. The van der Waals surface area contributed by atoms with E-state index < -0.39 is 0 Å². The Morgan fingerprint density at radius 1 is 1.16 bits per heavy atom. The molecule has 38 heavy (non-hydrogen) atoms. The van der Waals surface area contributed by atoms with Crippen LogP contribution in [0.1, 0.15) is 49.6 Å². The second-order valence-corrected chi connectivity index (χ2v) is 10.5. The van der Waals surface area contributed by atoms with Crippen molar-refractivity contribution in [2.45, 2.75) is 51.6 Å². The Labute approximate surface area is 219 Å². The number of fused-ring (bicyclic) bond motifs is 2. The molecule has 7 rings (SSSR count). The lowest BCUT2D eigenvalue weighted by molar-refractivity contribution is 0.191. The van der Waals surface area contributed by atoms with E-state index in [-0.39, 0.29) is 5.82 Å². The number of imidazole rings is 1. The first-order chi connectivity index (χ1) is 18.5. The van der Waals surface area contributed by atoms with Crippen LogP contribution >= 0.6 is 0 Å². The van der Waals surface area contributed by atoms with E-state index in [0.29, 0.717) is 40.7 Å². The van der Waals surface area contributed by atoms with Crippen molar-refractivity contribution in [1.29, 1.82) is 0 Å². The predicted octanol–water partition coefficient (Wildman–Crippen LogP) is 5.28. The van der Waals surface area contributed by atoms with E-state index in [2.05, 4.69) is 50.4 Å². The highest BCUT2D eigenvalue weighted by Crippen LogP contribution is 2.47. The summed E-state index contributed by atoms with van der Waals surface area (Å²) in [6.45, 7) is 6.13. The molecule has 4 heterocycles. The molecule has 3 aromatic heterocycles. The number of aromatic nitrogens is 7. The van der Waals surface area contributed by atoms with E-state index in [0.717, 1.165) is 47.5 Å². The van der Waals surface area contributed by atoms with Crippen LogP contribution < -0.4 is 5.32 Å². The van der Waals surface area contributed by atoms with Gasteiger partial charge in [0.1, 0.15) is 11.6 Å². The van der Waals surface area contributed by atoms with Gasteiger partial charge in [0, 0.05) is 48.4 Å². The third kappa shape index (κ3) is 3.87. The molecule has 1 fully saturated rings. The van der Waals surface area contributed by atoms with Crippen LogP contribution in [0.3, 0.4) is 0 Å². The molecule has 0 spiro atoms. The molecule has 0 radical (unpaired) electrons. The average molecular weight is 512 g/mol. The van der Waals surface area contributed by atoms with Crippen LogP contribution in [0.5, 0.6) is 0 Å². The number of nitrogens with zero attached hydrogens (tertiary/aromatic N) is 6. The second-order valence-electron chi connectivity index (χ2n) is 10.5. The maximum atomic E-state index is 15.4. The molecule has 10 heteroatoms. The van der Waals surface area contributed by atoms with Gasteiger partial charge in [-0.25, -0.2) is 14.1 Å². The third-order valence-electron chi connectivity index (χ3n) is 7.89. The lowest BCUT2D eigenvalue weighted by Crippen LogP contribution is -2.38. The fourth-order valence-corrected chi connectivity index (χ4v) is 5.61. The Balaban J connectivity index is 1.17.